The Morgan fingerprint density at radius 3 is 1.32 bits per heavy atom. The lowest BCUT2D eigenvalue weighted by molar-refractivity contribution is -0.121. The Morgan fingerprint density at radius 1 is 0.545 bits per heavy atom. The molecule has 0 saturated heterocycles. The van der Waals surface area contributed by atoms with Gasteiger partial charge in [0.15, 0.2) is 0 Å². The number of nitrogens with zero attached hydrogens (tertiary/aromatic N) is 2. The van der Waals surface area contributed by atoms with Gasteiger partial charge in [-0.15, -0.1) is 0 Å². The van der Waals surface area contributed by atoms with Crippen molar-refractivity contribution >= 4 is 5.91 Å². The smallest absolute Gasteiger partial charge is 0.220 e. The van der Waals surface area contributed by atoms with E-state index in [2.05, 4.69) is 34.9 Å². The lowest BCUT2D eigenvalue weighted by Crippen LogP contribution is -2.27. The summed E-state index contributed by atoms with van der Waals surface area (Å²) in [6, 6.07) is 0. The minimum Gasteiger partial charge on any atom is -0.354 e. The zero-order valence-corrected chi connectivity index (χ0v) is 30.0. The number of hydrogen-bond acceptors (Lipinski definition) is 2. The molecule has 0 bridgehead atoms. The first-order valence-corrected chi connectivity index (χ1v) is 20.0. The zero-order valence-electron chi connectivity index (χ0n) is 30.0. The van der Waals surface area contributed by atoms with Gasteiger partial charge in [0.25, 0.3) is 0 Å². The molecule has 0 saturated carbocycles. The maximum atomic E-state index is 12.3. The van der Waals surface area contributed by atoms with E-state index in [0.29, 0.717) is 13.0 Å². The third-order valence-electron chi connectivity index (χ3n) is 9.49. The van der Waals surface area contributed by atoms with Gasteiger partial charge in [0.2, 0.25) is 5.91 Å². The van der Waals surface area contributed by atoms with Gasteiger partial charge in [0.1, 0.15) is 5.82 Å². The fourth-order valence-electron chi connectivity index (χ4n) is 6.49. The van der Waals surface area contributed by atoms with E-state index in [-0.39, 0.29) is 5.91 Å². The van der Waals surface area contributed by atoms with Crippen LogP contribution in [0.4, 0.5) is 0 Å². The van der Waals surface area contributed by atoms with E-state index in [1.54, 1.807) is 0 Å². The van der Waals surface area contributed by atoms with E-state index in [0.717, 1.165) is 19.4 Å². The molecule has 1 aromatic heterocycles. The fraction of sp³-hybridized carbons (Fsp3) is 0.900. The Balaban J connectivity index is 1.87. The molecule has 0 aliphatic carbocycles. The van der Waals surface area contributed by atoms with Gasteiger partial charge < -0.3 is 9.88 Å². The number of carbonyl (C=O) groups excluding carboxylic acids is 1. The van der Waals surface area contributed by atoms with Gasteiger partial charge >= 0.3 is 0 Å². The topological polar surface area (TPSA) is 46.9 Å². The van der Waals surface area contributed by atoms with E-state index < -0.39 is 0 Å². The average molecular weight is 616 g/mol. The highest BCUT2D eigenvalue weighted by Gasteiger charge is 2.05. The first kappa shape index (κ1) is 40.7. The molecule has 1 N–H and O–H groups in total. The molecular weight excluding hydrogens is 538 g/mol. The van der Waals surface area contributed by atoms with Gasteiger partial charge in [-0.3, -0.25) is 4.79 Å². The highest BCUT2D eigenvalue weighted by molar-refractivity contribution is 5.75. The van der Waals surface area contributed by atoms with Crippen LogP contribution in [0.1, 0.15) is 219 Å². The van der Waals surface area contributed by atoms with Crippen LogP contribution in [-0.2, 0) is 17.8 Å². The summed E-state index contributed by atoms with van der Waals surface area (Å²) in [6.45, 7) is 6.12. The van der Waals surface area contributed by atoms with E-state index in [9.17, 15) is 4.79 Å². The van der Waals surface area contributed by atoms with Crippen molar-refractivity contribution in [2.75, 3.05) is 6.54 Å². The first-order valence-electron chi connectivity index (χ1n) is 20.0. The average Bonchev–Trinajstić information content (AvgIpc) is 3.48. The maximum Gasteiger partial charge on any atom is 0.220 e. The van der Waals surface area contributed by atoms with E-state index in [4.69, 9.17) is 0 Å². The number of carbonyl (C=O) groups is 1. The number of amides is 1. The van der Waals surface area contributed by atoms with Crippen molar-refractivity contribution in [2.24, 2.45) is 0 Å². The number of rotatable bonds is 35. The predicted octanol–water partition coefficient (Wildman–Crippen LogP) is 12.7. The summed E-state index contributed by atoms with van der Waals surface area (Å²) in [7, 11) is 0. The lowest BCUT2D eigenvalue weighted by atomic mass is 10.0. The molecule has 1 rings (SSSR count). The van der Waals surface area contributed by atoms with Crippen molar-refractivity contribution in [2.45, 2.75) is 226 Å². The molecular formula is C40H77N3O. The van der Waals surface area contributed by atoms with E-state index >= 15 is 0 Å². The number of nitrogens with one attached hydrogen (secondary N) is 1. The van der Waals surface area contributed by atoms with Crippen LogP contribution in [0, 0.1) is 0 Å². The van der Waals surface area contributed by atoms with Crippen LogP contribution in [0.25, 0.3) is 0 Å². The van der Waals surface area contributed by atoms with Gasteiger partial charge in [-0.2, -0.15) is 0 Å². The molecule has 0 atom stereocenters. The fourth-order valence-corrected chi connectivity index (χ4v) is 6.49. The Bertz CT molecular complexity index is 715. The zero-order chi connectivity index (χ0) is 31.6. The Hall–Kier alpha value is -1.32. The SMILES string of the molecule is CCCCCCCCCCCCCCCCCC(=O)NCCn1ccnc1CCCCCCCCCCCCCCCCC. The quantitative estimate of drug-likeness (QED) is 0.0772. The first-order chi connectivity index (χ1) is 21.8. The molecule has 44 heavy (non-hydrogen) atoms. The summed E-state index contributed by atoms with van der Waals surface area (Å²) in [6.07, 6.45) is 47.1. The van der Waals surface area contributed by atoms with Crippen LogP contribution >= 0.6 is 0 Å². The summed E-state index contributed by atoms with van der Waals surface area (Å²) in [5.74, 6) is 1.39. The molecule has 1 aromatic rings. The summed E-state index contributed by atoms with van der Waals surface area (Å²) in [5, 5.41) is 3.13. The molecule has 1 amide bonds. The maximum absolute atomic E-state index is 12.3. The molecule has 1 heterocycles. The summed E-state index contributed by atoms with van der Waals surface area (Å²) < 4.78 is 2.23. The highest BCUT2D eigenvalue weighted by atomic mass is 16.1. The number of unbranched alkanes of at least 4 members (excludes halogenated alkanes) is 28. The van der Waals surface area contributed by atoms with Crippen molar-refractivity contribution in [1.29, 1.82) is 0 Å². The Morgan fingerprint density at radius 2 is 0.909 bits per heavy atom. The molecule has 4 nitrogen and oxygen atoms in total. The monoisotopic (exact) mass is 616 g/mol. The minimum atomic E-state index is 0.212. The van der Waals surface area contributed by atoms with E-state index in [1.165, 1.54) is 192 Å². The summed E-state index contributed by atoms with van der Waals surface area (Å²) >= 11 is 0. The normalized spacial score (nSPS) is 11.4. The third kappa shape index (κ3) is 27.0. The molecule has 0 spiro atoms. The number of aryl methyl sites for hydroxylation is 1. The molecule has 0 fully saturated rings. The summed E-state index contributed by atoms with van der Waals surface area (Å²) in [5.41, 5.74) is 0. The second-order valence-electron chi connectivity index (χ2n) is 13.8. The van der Waals surface area contributed by atoms with Crippen LogP contribution in [0.2, 0.25) is 0 Å². The molecule has 0 unspecified atom stereocenters. The second-order valence-corrected chi connectivity index (χ2v) is 13.8. The standard InChI is InChI=1S/C40H77N3O/c1-3-5-7-9-11-13-15-17-19-21-23-25-27-29-31-33-39-41-35-37-43(39)38-36-42-40(44)34-32-30-28-26-24-22-20-18-16-14-12-10-8-6-4-2/h35,37H,3-34,36,38H2,1-2H3,(H,42,44). The van der Waals surface area contributed by atoms with Crippen molar-refractivity contribution < 1.29 is 4.79 Å². The number of imidazole rings is 1. The second kappa shape index (κ2) is 33.1. The van der Waals surface area contributed by atoms with Crippen molar-refractivity contribution in [3.05, 3.63) is 18.2 Å². The summed E-state index contributed by atoms with van der Waals surface area (Å²) in [4.78, 5) is 16.9. The molecule has 0 aliphatic rings. The van der Waals surface area contributed by atoms with Gasteiger partial charge in [-0.05, 0) is 12.8 Å². The predicted molar refractivity (Wildman–Crippen MR) is 193 cm³/mol. The van der Waals surface area contributed by atoms with Crippen molar-refractivity contribution in [3.63, 3.8) is 0 Å². The number of aromatic nitrogens is 2. The molecule has 0 radical (unpaired) electrons. The van der Waals surface area contributed by atoms with Gasteiger partial charge in [0, 0.05) is 38.3 Å². The van der Waals surface area contributed by atoms with E-state index in [1.807, 2.05) is 6.20 Å². The van der Waals surface area contributed by atoms with Crippen LogP contribution in [0.15, 0.2) is 12.4 Å². The molecule has 0 aromatic carbocycles. The molecule has 4 heteroatoms. The van der Waals surface area contributed by atoms with Crippen LogP contribution in [0.5, 0.6) is 0 Å². The third-order valence-corrected chi connectivity index (χ3v) is 9.49. The lowest BCUT2D eigenvalue weighted by Gasteiger charge is -2.09. The van der Waals surface area contributed by atoms with Crippen LogP contribution in [-0.4, -0.2) is 22.0 Å². The van der Waals surface area contributed by atoms with Crippen LogP contribution < -0.4 is 5.32 Å². The van der Waals surface area contributed by atoms with Crippen molar-refractivity contribution in [1.82, 2.24) is 14.9 Å². The molecule has 258 valence electrons. The van der Waals surface area contributed by atoms with Crippen LogP contribution in [0.3, 0.4) is 0 Å². The Labute approximate surface area is 275 Å². The highest BCUT2D eigenvalue weighted by Crippen LogP contribution is 2.15. The number of hydrogen-bond donors (Lipinski definition) is 1. The van der Waals surface area contributed by atoms with Crippen molar-refractivity contribution in [3.8, 4) is 0 Å². The Kier molecular flexibility index (Phi) is 30.6. The van der Waals surface area contributed by atoms with Gasteiger partial charge in [-0.25, -0.2) is 4.98 Å². The minimum absolute atomic E-state index is 0.212. The van der Waals surface area contributed by atoms with Gasteiger partial charge in [0.05, 0.1) is 0 Å². The largest absolute Gasteiger partial charge is 0.354 e. The van der Waals surface area contributed by atoms with Gasteiger partial charge in [-0.1, -0.05) is 194 Å². The molecule has 0 aliphatic heterocycles.